The zero-order valence-electron chi connectivity index (χ0n) is 9.10. The van der Waals surface area contributed by atoms with Gasteiger partial charge in [-0.3, -0.25) is 0 Å². The molecule has 1 heterocycles. The molecule has 3 heteroatoms. The van der Waals surface area contributed by atoms with Gasteiger partial charge in [0.2, 0.25) is 0 Å². The molecule has 1 aromatic carbocycles. The van der Waals surface area contributed by atoms with Crippen molar-refractivity contribution < 1.29 is 4.74 Å². The number of nitrogens with two attached hydrogens (primary N) is 1. The van der Waals surface area contributed by atoms with E-state index in [9.17, 15) is 0 Å². The van der Waals surface area contributed by atoms with Crippen molar-refractivity contribution in [1.82, 2.24) is 0 Å². The molecule has 2 rings (SSSR count). The van der Waals surface area contributed by atoms with Gasteiger partial charge in [0.1, 0.15) is 0 Å². The standard InChI is InChI=1S/C12H18N2O/c1-10-8-14(9-12(7-13)15-10)11-5-3-2-4-6-11/h2-6,10,12H,7-9,13H2,1H3. The van der Waals surface area contributed by atoms with Crippen LogP contribution in [0, 0.1) is 0 Å². The van der Waals surface area contributed by atoms with E-state index in [-0.39, 0.29) is 12.2 Å². The van der Waals surface area contributed by atoms with Crippen molar-refractivity contribution in [2.45, 2.75) is 19.1 Å². The van der Waals surface area contributed by atoms with Gasteiger partial charge in [-0.05, 0) is 19.1 Å². The van der Waals surface area contributed by atoms with Crippen molar-refractivity contribution in [3.63, 3.8) is 0 Å². The van der Waals surface area contributed by atoms with Gasteiger partial charge in [0.15, 0.2) is 0 Å². The Bertz CT molecular complexity index is 302. The average Bonchev–Trinajstić information content (AvgIpc) is 2.29. The van der Waals surface area contributed by atoms with Crippen molar-refractivity contribution in [2.24, 2.45) is 5.73 Å². The summed E-state index contributed by atoms with van der Waals surface area (Å²) >= 11 is 0. The van der Waals surface area contributed by atoms with Crippen LogP contribution in [-0.2, 0) is 4.74 Å². The lowest BCUT2D eigenvalue weighted by Gasteiger charge is -2.37. The van der Waals surface area contributed by atoms with E-state index < -0.39 is 0 Å². The van der Waals surface area contributed by atoms with Gasteiger partial charge in [0.05, 0.1) is 12.2 Å². The molecule has 1 aliphatic rings. The van der Waals surface area contributed by atoms with E-state index in [0.717, 1.165) is 13.1 Å². The lowest BCUT2D eigenvalue weighted by atomic mass is 10.2. The third-order valence-corrected chi connectivity index (χ3v) is 2.71. The second kappa shape index (κ2) is 4.64. The van der Waals surface area contributed by atoms with Crippen molar-refractivity contribution in [3.05, 3.63) is 30.3 Å². The third kappa shape index (κ3) is 2.49. The van der Waals surface area contributed by atoms with Gasteiger partial charge in [0, 0.05) is 25.3 Å². The van der Waals surface area contributed by atoms with Gasteiger partial charge >= 0.3 is 0 Å². The Kier molecular flexibility index (Phi) is 3.23. The topological polar surface area (TPSA) is 38.5 Å². The molecule has 1 saturated heterocycles. The third-order valence-electron chi connectivity index (χ3n) is 2.71. The largest absolute Gasteiger partial charge is 0.370 e. The van der Waals surface area contributed by atoms with Crippen molar-refractivity contribution in [2.75, 3.05) is 24.5 Å². The maximum absolute atomic E-state index is 5.72. The van der Waals surface area contributed by atoms with Gasteiger partial charge in [-0.2, -0.15) is 0 Å². The van der Waals surface area contributed by atoms with Crippen LogP contribution in [-0.4, -0.2) is 31.8 Å². The fourth-order valence-corrected chi connectivity index (χ4v) is 2.03. The first-order valence-electron chi connectivity index (χ1n) is 5.45. The molecule has 1 aliphatic heterocycles. The molecule has 0 amide bonds. The quantitative estimate of drug-likeness (QED) is 0.791. The normalized spacial score (nSPS) is 26.7. The molecule has 82 valence electrons. The summed E-state index contributed by atoms with van der Waals surface area (Å²) in [6.45, 7) is 4.52. The van der Waals surface area contributed by atoms with Crippen LogP contribution >= 0.6 is 0 Å². The highest BCUT2D eigenvalue weighted by Crippen LogP contribution is 2.19. The summed E-state index contributed by atoms with van der Waals surface area (Å²) in [5.41, 5.74) is 6.91. The fourth-order valence-electron chi connectivity index (χ4n) is 2.03. The minimum Gasteiger partial charge on any atom is -0.370 e. The van der Waals surface area contributed by atoms with Crippen LogP contribution < -0.4 is 10.6 Å². The monoisotopic (exact) mass is 206 g/mol. The summed E-state index contributed by atoms with van der Waals surface area (Å²) in [5.74, 6) is 0. The first-order chi connectivity index (χ1) is 7.29. The van der Waals surface area contributed by atoms with Gasteiger partial charge in [-0.25, -0.2) is 0 Å². The van der Waals surface area contributed by atoms with E-state index >= 15 is 0 Å². The highest BCUT2D eigenvalue weighted by Gasteiger charge is 2.23. The summed E-state index contributed by atoms with van der Waals surface area (Å²) in [6.07, 6.45) is 0.418. The number of ether oxygens (including phenoxy) is 1. The molecular weight excluding hydrogens is 188 g/mol. The number of hydrogen-bond donors (Lipinski definition) is 1. The van der Waals surface area contributed by atoms with Gasteiger partial charge in [-0.15, -0.1) is 0 Å². The minimum atomic E-state index is 0.161. The summed E-state index contributed by atoms with van der Waals surface area (Å²) in [6, 6.07) is 10.4. The first kappa shape index (κ1) is 10.5. The lowest BCUT2D eigenvalue weighted by Crippen LogP contribution is -2.49. The Morgan fingerprint density at radius 3 is 2.73 bits per heavy atom. The molecule has 0 spiro atoms. The van der Waals surface area contributed by atoms with Crippen molar-refractivity contribution in [1.29, 1.82) is 0 Å². The molecular formula is C12H18N2O. The Labute approximate surface area is 90.8 Å². The van der Waals surface area contributed by atoms with Gasteiger partial charge < -0.3 is 15.4 Å². The molecule has 0 aliphatic carbocycles. The Hall–Kier alpha value is -1.06. The highest BCUT2D eigenvalue weighted by atomic mass is 16.5. The van der Waals surface area contributed by atoms with Crippen molar-refractivity contribution in [3.8, 4) is 0 Å². The molecule has 0 saturated carbocycles. The van der Waals surface area contributed by atoms with E-state index in [2.05, 4.69) is 36.1 Å². The minimum absolute atomic E-state index is 0.161. The molecule has 1 fully saturated rings. The Morgan fingerprint density at radius 1 is 1.33 bits per heavy atom. The second-order valence-corrected chi connectivity index (χ2v) is 4.04. The van der Waals surface area contributed by atoms with E-state index in [1.807, 2.05) is 6.07 Å². The molecule has 0 bridgehead atoms. The molecule has 2 atom stereocenters. The predicted molar refractivity (Wildman–Crippen MR) is 62.0 cm³/mol. The molecule has 3 nitrogen and oxygen atoms in total. The smallest absolute Gasteiger partial charge is 0.0876 e. The van der Waals surface area contributed by atoms with E-state index in [0.29, 0.717) is 6.54 Å². The van der Waals surface area contributed by atoms with Crippen LogP contribution in [0.1, 0.15) is 6.92 Å². The van der Waals surface area contributed by atoms with E-state index in [4.69, 9.17) is 10.5 Å². The second-order valence-electron chi connectivity index (χ2n) is 4.04. The van der Waals surface area contributed by atoms with E-state index in [1.54, 1.807) is 0 Å². The molecule has 1 aromatic rings. The summed E-state index contributed by atoms with van der Waals surface area (Å²) in [7, 11) is 0. The number of nitrogens with zero attached hydrogens (tertiary/aromatic N) is 1. The number of para-hydroxylation sites is 1. The molecule has 0 aromatic heterocycles. The molecule has 0 radical (unpaired) electrons. The lowest BCUT2D eigenvalue weighted by molar-refractivity contribution is -0.0104. The van der Waals surface area contributed by atoms with Crippen LogP contribution in [0.3, 0.4) is 0 Å². The molecule has 15 heavy (non-hydrogen) atoms. The Morgan fingerprint density at radius 2 is 2.07 bits per heavy atom. The number of rotatable bonds is 2. The maximum Gasteiger partial charge on any atom is 0.0876 e. The molecule has 2 N–H and O–H groups in total. The van der Waals surface area contributed by atoms with Gasteiger partial charge in [-0.1, -0.05) is 18.2 Å². The number of hydrogen-bond acceptors (Lipinski definition) is 3. The SMILES string of the molecule is CC1CN(c2ccccc2)CC(CN)O1. The summed E-state index contributed by atoms with van der Waals surface area (Å²) in [4.78, 5) is 2.34. The number of anilines is 1. The zero-order chi connectivity index (χ0) is 10.7. The number of benzene rings is 1. The number of morpholine rings is 1. The molecule has 2 unspecified atom stereocenters. The first-order valence-corrected chi connectivity index (χ1v) is 5.45. The fraction of sp³-hybridized carbons (Fsp3) is 0.500. The predicted octanol–water partition coefficient (Wildman–Crippen LogP) is 1.24. The maximum atomic E-state index is 5.72. The van der Waals surface area contributed by atoms with Crippen molar-refractivity contribution >= 4 is 5.69 Å². The average molecular weight is 206 g/mol. The Balaban J connectivity index is 2.09. The van der Waals surface area contributed by atoms with Gasteiger partial charge in [0.25, 0.3) is 0 Å². The summed E-state index contributed by atoms with van der Waals surface area (Å²) < 4.78 is 5.72. The van der Waals surface area contributed by atoms with Crippen LogP contribution in [0.15, 0.2) is 30.3 Å². The van der Waals surface area contributed by atoms with Crippen LogP contribution in [0.4, 0.5) is 5.69 Å². The summed E-state index contributed by atoms with van der Waals surface area (Å²) in [5, 5.41) is 0. The highest BCUT2D eigenvalue weighted by molar-refractivity contribution is 5.46. The van der Waals surface area contributed by atoms with Crippen LogP contribution in [0.25, 0.3) is 0 Å². The van der Waals surface area contributed by atoms with Crippen LogP contribution in [0.5, 0.6) is 0 Å². The van der Waals surface area contributed by atoms with Crippen LogP contribution in [0.2, 0.25) is 0 Å². The van der Waals surface area contributed by atoms with E-state index in [1.165, 1.54) is 5.69 Å². The zero-order valence-corrected chi connectivity index (χ0v) is 9.10.